The SMILES string of the molecule is CC(=O)Nc1ccccc1C(N=C(C)N(C)C)S(=O)(=O)O. The topological polar surface area (TPSA) is 99.1 Å². The van der Waals surface area contributed by atoms with E-state index in [0.29, 0.717) is 11.5 Å². The third kappa shape index (κ3) is 4.83. The standard InChI is InChI=1S/C13H19N3O4S/c1-9(16(3)4)14-13(21(18,19)20)11-7-5-6-8-12(11)15-10(2)17/h5-8,13H,1-4H3,(H,15,17)(H,18,19,20). The zero-order valence-electron chi connectivity index (χ0n) is 12.4. The second-order valence-corrected chi connectivity index (χ2v) is 6.18. The van der Waals surface area contributed by atoms with E-state index in [9.17, 15) is 17.8 Å². The van der Waals surface area contributed by atoms with Crippen LogP contribution in [0.2, 0.25) is 0 Å². The molecule has 0 saturated carbocycles. The Morgan fingerprint density at radius 3 is 2.33 bits per heavy atom. The molecule has 0 aromatic heterocycles. The maximum atomic E-state index is 11.6. The number of carbonyl (C=O) groups is 1. The van der Waals surface area contributed by atoms with Crippen molar-refractivity contribution < 1.29 is 17.8 Å². The van der Waals surface area contributed by atoms with Crippen LogP contribution in [0.4, 0.5) is 5.69 Å². The normalized spacial score (nSPS) is 13.7. The van der Waals surface area contributed by atoms with E-state index in [1.807, 2.05) is 0 Å². The summed E-state index contributed by atoms with van der Waals surface area (Å²) in [6, 6.07) is 6.31. The minimum Gasteiger partial charge on any atom is -0.367 e. The highest BCUT2D eigenvalue weighted by atomic mass is 32.2. The summed E-state index contributed by atoms with van der Waals surface area (Å²) in [6.45, 7) is 2.94. The average molecular weight is 313 g/mol. The van der Waals surface area contributed by atoms with Crippen molar-refractivity contribution in [2.75, 3.05) is 19.4 Å². The summed E-state index contributed by atoms with van der Waals surface area (Å²) < 4.78 is 32.7. The number of nitrogens with zero attached hydrogens (tertiary/aromatic N) is 2. The van der Waals surface area contributed by atoms with Gasteiger partial charge in [0.2, 0.25) is 11.3 Å². The molecule has 116 valence electrons. The summed E-state index contributed by atoms with van der Waals surface area (Å²) in [5.74, 6) is 0.0834. The zero-order chi connectivity index (χ0) is 16.2. The van der Waals surface area contributed by atoms with Crippen molar-refractivity contribution in [3.63, 3.8) is 0 Å². The second-order valence-electron chi connectivity index (χ2n) is 4.71. The monoisotopic (exact) mass is 313 g/mol. The summed E-state index contributed by atoms with van der Waals surface area (Å²) in [6.07, 6.45) is 0. The Hall–Kier alpha value is -1.93. The summed E-state index contributed by atoms with van der Waals surface area (Å²) in [5.41, 5.74) is 0.499. The lowest BCUT2D eigenvalue weighted by molar-refractivity contribution is -0.114. The molecule has 0 fully saturated rings. The number of carbonyl (C=O) groups excluding carboxylic acids is 1. The number of hydrogen-bond donors (Lipinski definition) is 2. The molecule has 0 heterocycles. The molecule has 2 N–H and O–H groups in total. The predicted molar refractivity (Wildman–Crippen MR) is 81.8 cm³/mol. The van der Waals surface area contributed by atoms with E-state index in [2.05, 4.69) is 10.3 Å². The maximum absolute atomic E-state index is 11.6. The van der Waals surface area contributed by atoms with Crippen molar-refractivity contribution in [3.05, 3.63) is 29.8 Å². The Morgan fingerprint density at radius 2 is 1.86 bits per heavy atom. The molecule has 0 spiro atoms. The first kappa shape index (κ1) is 17.1. The lowest BCUT2D eigenvalue weighted by Gasteiger charge is -2.18. The number of amidine groups is 1. The highest BCUT2D eigenvalue weighted by molar-refractivity contribution is 7.86. The van der Waals surface area contributed by atoms with Gasteiger partial charge in [-0.05, 0) is 13.0 Å². The Balaban J connectivity index is 3.42. The Labute approximate surface area is 124 Å². The molecule has 0 saturated heterocycles. The molecule has 1 atom stereocenters. The molecule has 1 unspecified atom stereocenters. The van der Waals surface area contributed by atoms with Gasteiger partial charge in [-0.3, -0.25) is 9.35 Å². The van der Waals surface area contributed by atoms with Crippen LogP contribution in [0.25, 0.3) is 0 Å². The molecule has 0 radical (unpaired) electrons. The number of amides is 1. The highest BCUT2D eigenvalue weighted by Crippen LogP contribution is 2.30. The summed E-state index contributed by atoms with van der Waals surface area (Å²) in [4.78, 5) is 16.9. The minimum atomic E-state index is -4.47. The van der Waals surface area contributed by atoms with Gasteiger partial charge in [-0.25, -0.2) is 4.99 Å². The lowest BCUT2D eigenvalue weighted by Crippen LogP contribution is -2.22. The van der Waals surface area contributed by atoms with Crippen LogP contribution < -0.4 is 5.32 Å². The van der Waals surface area contributed by atoms with Gasteiger partial charge < -0.3 is 10.2 Å². The number of rotatable bonds is 4. The van der Waals surface area contributed by atoms with Gasteiger partial charge in [0.1, 0.15) is 0 Å². The number of benzene rings is 1. The number of nitrogens with one attached hydrogen (secondary N) is 1. The van der Waals surface area contributed by atoms with Crippen LogP contribution >= 0.6 is 0 Å². The maximum Gasteiger partial charge on any atom is 0.292 e. The van der Waals surface area contributed by atoms with Crippen LogP contribution in [0.3, 0.4) is 0 Å². The van der Waals surface area contributed by atoms with Gasteiger partial charge >= 0.3 is 0 Å². The number of para-hydroxylation sites is 1. The summed E-state index contributed by atoms with van der Waals surface area (Å²) >= 11 is 0. The smallest absolute Gasteiger partial charge is 0.292 e. The molecular formula is C13H19N3O4S. The first-order valence-electron chi connectivity index (χ1n) is 6.17. The van der Waals surface area contributed by atoms with Crippen LogP contribution in [-0.4, -0.2) is 43.7 Å². The molecule has 21 heavy (non-hydrogen) atoms. The molecule has 1 aromatic carbocycles. The van der Waals surface area contributed by atoms with Gasteiger partial charge in [0, 0.05) is 32.3 Å². The molecule has 0 aliphatic rings. The zero-order valence-corrected chi connectivity index (χ0v) is 13.2. The van der Waals surface area contributed by atoms with E-state index in [0.717, 1.165) is 0 Å². The van der Waals surface area contributed by atoms with Crippen molar-refractivity contribution in [2.45, 2.75) is 19.2 Å². The fourth-order valence-electron chi connectivity index (χ4n) is 1.60. The van der Waals surface area contributed by atoms with Gasteiger partial charge in [-0.15, -0.1) is 0 Å². The lowest BCUT2D eigenvalue weighted by atomic mass is 10.1. The fourth-order valence-corrected chi connectivity index (χ4v) is 2.41. The molecule has 1 rings (SSSR count). The van der Waals surface area contributed by atoms with E-state index in [4.69, 9.17) is 0 Å². The Kier molecular flexibility index (Phi) is 5.45. The van der Waals surface area contributed by atoms with Gasteiger partial charge in [0.15, 0.2) is 0 Å². The molecule has 0 bridgehead atoms. The second kappa shape index (κ2) is 6.68. The molecular weight excluding hydrogens is 294 g/mol. The summed E-state index contributed by atoms with van der Waals surface area (Å²) in [7, 11) is -1.05. The molecule has 1 amide bonds. The molecule has 1 aromatic rings. The van der Waals surface area contributed by atoms with E-state index >= 15 is 0 Å². The van der Waals surface area contributed by atoms with Crippen molar-refractivity contribution in [1.29, 1.82) is 0 Å². The number of aliphatic imine (C=N–C) groups is 1. The predicted octanol–water partition coefficient (Wildman–Crippen LogP) is 1.51. The van der Waals surface area contributed by atoms with E-state index < -0.39 is 15.5 Å². The third-order valence-corrected chi connectivity index (χ3v) is 3.69. The highest BCUT2D eigenvalue weighted by Gasteiger charge is 2.27. The molecule has 8 heteroatoms. The molecule has 0 aliphatic carbocycles. The van der Waals surface area contributed by atoms with Crippen LogP contribution in [0.15, 0.2) is 29.3 Å². The Morgan fingerprint density at radius 1 is 1.29 bits per heavy atom. The van der Waals surface area contributed by atoms with Gasteiger partial charge in [0.05, 0.1) is 5.84 Å². The van der Waals surface area contributed by atoms with Crippen LogP contribution in [-0.2, 0) is 14.9 Å². The van der Waals surface area contributed by atoms with Crippen molar-refractivity contribution >= 4 is 27.5 Å². The fraction of sp³-hybridized carbons (Fsp3) is 0.385. The van der Waals surface area contributed by atoms with Crippen LogP contribution in [0.5, 0.6) is 0 Å². The molecule has 0 aliphatic heterocycles. The summed E-state index contributed by atoms with van der Waals surface area (Å²) in [5, 5.41) is 1.03. The third-order valence-electron chi connectivity index (χ3n) is 2.77. The quantitative estimate of drug-likeness (QED) is 0.499. The van der Waals surface area contributed by atoms with Crippen molar-refractivity contribution in [1.82, 2.24) is 4.90 Å². The minimum absolute atomic E-state index is 0.205. The first-order chi connectivity index (χ1) is 9.62. The van der Waals surface area contributed by atoms with Gasteiger partial charge in [-0.1, -0.05) is 18.2 Å². The number of anilines is 1. The van der Waals surface area contributed by atoms with Crippen molar-refractivity contribution in [2.24, 2.45) is 4.99 Å². The van der Waals surface area contributed by atoms with E-state index in [1.165, 1.54) is 13.0 Å². The largest absolute Gasteiger partial charge is 0.367 e. The first-order valence-corrected chi connectivity index (χ1v) is 7.67. The van der Waals surface area contributed by atoms with E-state index in [-0.39, 0.29) is 11.5 Å². The van der Waals surface area contributed by atoms with Gasteiger partial charge in [-0.2, -0.15) is 8.42 Å². The Bertz CT molecular complexity index is 653. The van der Waals surface area contributed by atoms with Crippen molar-refractivity contribution in [3.8, 4) is 0 Å². The number of hydrogen-bond acceptors (Lipinski definition) is 4. The van der Waals surface area contributed by atoms with Crippen LogP contribution in [0.1, 0.15) is 24.8 Å². The average Bonchev–Trinajstić information content (AvgIpc) is 2.34. The van der Waals surface area contributed by atoms with Gasteiger partial charge in [0.25, 0.3) is 10.1 Å². The van der Waals surface area contributed by atoms with E-state index in [1.54, 1.807) is 44.1 Å². The molecule has 7 nitrogen and oxygen atoms in total. The van der Waals surface area contributed by atoms with Crippen LogP contribution in [0, 0.1) is 0 Å².